The van der Waals surface area contributed by atoms with Gasteiger partial charge in [0.1, 0.15) is 0 Å². The Morgan fingerprint density at radius 1 is 0.404 bits per heavy atom. The molecule has 0 bridgehead atoms. The van der Waals surface area contributed by atoms with Gasteiger partial charge in [0, 0.05) is 23.4 Å². The first kappa shape index (κ1) is 27.5. The lowest BCUT2D eigenvalue weighted by molar-refractivity contribution is 0.661. The molecule has 222 valence electrons. The molecule has 2 heteroatoms. The lowest BCUT2D eigenvalue weighted by Crippen LogP contribution is -2.14. The van der Waals surface area contributed by atoms with Crippen LogP contribution < -0.4 is 0 Å². The molecule has 0 radical (unpaired) electrons. The van der Waals surface area contributed by atoms with E-state index < -0.39 is 0 Å². The van der Waals surface area contributed by atoms with Crippen molar-refractivity contribution in [3.05, 3.63) is 169 Å². The van der Waals surface area contributed by atoms with Gasteiger partial charge in [-0.15, -0.1) is 0 Å². The number of hydrogen-bond acceptors (Lipinski definition) is 2. The van der Waals surface area contributed by atoms with E-state index in [0.29, 0.717) is 0 Å². The molecule has 0 saturated heterocycles. The van der Waals surface area contributed by atoms with Gasteiger partial charge >= 0.3 is 0 Å². The van der Waals surface area contributed by atoms with Crippen LogP contribution in [0.4, 0.5) is 0 Å². The van der Waals surface area contributed by atoms with E-state index in [2.05, 4.69) is 146 Å². The quantitative estimate of drug-likeness (QED) is 0.188. The summed E-state index contributed by atoms with van der Waals surface area (Å²) in [5.74, 6) is 0. The van der Waals surface area contributed by atoms with Crippen molar-refractivity contribution in [2.45, 2.75) is 19.3 Å². The molecule has 1 aliphatic rings. The minimum absolute atomic E-state index is 0.114. The van der Waals surface area contributed by atoms with E-state index in [1.807, 2.05) is 30.6 Å². The highest BCUT2D eigenvalue weighted by Crippen LogP contribution is 2.53. The van der Waals surface area contributed by atoms with Gasteiger partial charge in [0.15, 0.2) is 0 Å². The predicted octanol–water partition coefficient (Wildman–Crippen LogP) is 11.8. The molecule has 6 aromatic carbocycles. The first-order valence-electron chi connectivity index (χ1n) is 16.2. The van der Waals surface area contributed by atoms with E-state index in [1.165, 1.54) is 71.6 Å². The van der Waals surface area contributed by atoms with Crippen molar-refractivity contribution in [1.29, 1.82) is 0 Å². The summed E-state index contributed by atoms with van der Waals surface area (Å²) in [6, 6.07) is 52.7. The molecule has 0 amide bonds. The zero-order chi connectivity index (χ0) is 31.5. The molecule has 2 heterocycles. The average Bonchev–Trinajstić information content (AvgIpc) is 3.36. The fraction of sp³-hybridized carbons (Fsp3) is 0.0667. The van der Waals surface area contributed by atoms with Crippen LogP contribution in [-0.2, 0) is 5.41 Å². The molecule has 8 aromatic rings. The van der Waals surface area contributed by atoms with E-state index in [4.69, 9.17) is 4.98 Å². The molecule has 47 heavy (non-hydrogen) atoms. The second kappa shape index (κ2) is 10.6. The van der Waals surface area contributed by atoms with Gasteiger partial charge in [-0.25, -0.2) is 0 Å². The van der Waals surface area contributed by atoms with E-state index in [0.717, 1.165) is 17.0 Å². The number of benzene rings is 6. The van der Waals surface area contributed by atoms with E-state index in [-0.39, 0.29) is 5.41 Å². The Balaban J connectivity index is 1.38. The normalized spacial score (nSPS) is 13.1. The molecule has 0 unspecified atom stereocenters. The van der Waals surface area contributed by atoms with Gasteiger partial charge < -0.3 is 0 Å². The Bertz CT molecular complexity index is 2460. The summed E-state index contributed by atoms with van der Waals surface area (Å²) in [5.41, 5.74) is 14.3. The van der Waals surface area contributed by atoms with E-state index in [9.17, 15) is 0 Å². The minimum atomic E-state index is -0.114. The minimum Gasteiger partial charge on any atom is -0.255 e. The van der Waals surface area contributed by atoms with Crippen molar-refractivity contribution < 1.29 is 0 Å². The van der Waals surface area contributed by atoms with Crippen LogP contribution in [0.5, 0.6) is 0 Å². The van der Waals surface area contributed by atoms with E-state index in [1.54, 1.807) is 0 Å². The number of fused-ring (bicyclic) bond motifs is 5. The number of hydrogen-bond donors (Lipinski definition) is 0. The van der Waals surface area contributed by atoms with Crippen LogP contribution in [0.2, 0.25) is 0 Å². The molecule has 0 fully saturated rings. The molecule has 2 aromatic heterocycles. The Hall–Kier alpha value is -5.86. The zero-order valence-corrected chi connectivity index (χ0v) is 26.4. The summed E-state index contributed by atoms with van der Waals surface area (Å²) in [6.45, 7) is 4.72. The lowest BCUT2D eigenvalue weighted by atomic mass is 9.79. The van der Waals surface area contributed by atoms with Crippen molar-refractivity contribution >= 4 is 21.5 Å². The highest BCUT2D eigenvalue weighted by atomic mass is 14.8. The summed E-state index contributed by atoms with van der Waals surface area (Å²) in [5, 5.41) is 4.96. The molecule has 0 spiro atoms. The lowest BCUT2D eigenvalue weighted by Gasteiger charge is -2.24. The first-order chi connectivity index (χ1) is 23.1. The van der Waals surface area contributed by atoms with Gasteiger partial charge in [0.05, 0.1) is 11.4 Å². The summed E-state index contributed by atoms with van der Waals surface area (Å²) in [7, 11) is 0. The third kappa shape index (κ3) is 4.33. The highest BCUT2D eigenvalue weighted by molar-refractivity contribution is 6.22. The molecule has 2 nitrogen and oxygen atoms in total. The van der Waals surface area contributed by atoms with Gasteiger partial charge in [-0.05, 0) is 108 Å². The molecule has 1 aliphatic carbocycles. The van der Waals surface area contributed by atoms with Crippen molar-refractivity contribution in [1.82, 2.24) is 9.97 Å². The number of aromatic nitrogens is 2. The zero-order valence-electron chi connectivity index (χ0n) is 26.4. The summed E-state index contributed by atoms with van der Waals surface area (Å²) in [6.07, 6.45) is 3.84. The van der Waals surface area contributed by atoms with Crippen LogP contribution in [0.3, 0.4) is 0 Å². The second-order valence-electron chi connectivity index (χ2n) is 13.0. The predicted molar refractivity (Wildman–Crippen MR) is 196 cm³/mol. The number of pyridine rings is 2. The maximum Gasteiger partial charge on any atom is 0.0886 e. The van der Waals surface area contributed by atoms with Crippen LogP contribution >= 0.6 is 0 Å². The maximum atomic E-state index is 4.94. The number of rotatable bonds is 4. The van der Waals surface area contributed by atoms with Crippen LogP contribution in [0.15, 0.2) is 158 Å². The average molecular weight is 601 g/mol. The molecule has 0 N–H and O–H groups in total. The fourth-order valence-electron chi connectivity index (χ4n) is 7.69. The molecular weight excluding hydrogens is 569 g/mol. The van der Waals surface area contributed by atoms with Gasteiger partial charge in [-0.2, -0.15) is 0 Å². The van der Waals surface area contributed by atoms with Crippen LogP contribution in [0.1, 0.15) is 25.0 Å². The Morgan fingerprint density at radius 3 is 1.83 bits per heavy atom. The third-order valence-corrected chi connectivity index (χ3v) is 9.96. The standard InChI is InChI=1S/C45H32N2/c1-45(2)39-20-9-8-17-33(39)36-26-37-38(27-40(36)45)44(32-22-23-42(47-28-32)41-21-10-11-24-46-41)35-19-7-6-18-34(35)43(37)31-16-12-15-30(25-31)29-13-4-3-5-14-29/h3-28H,1-2H3. The molecule has 9 rings (SSSR count). The largest absolute Gasteiger partial charge is 0.255 e. The molecule has 0 saturated carbocycles. The first-order valence-corrected chi connectivity index (χ1v) is 16.2. The second-order valence-corrected chi connectivity index (χ2v) is 13.0. The van der Waals surface area contributed by atoms with Crippen molar-refractivity contribution in [2.24, 2.45) is 0 Å². The Morgan fingerprint density at radius 2 is 1.06 bits per heavy atom. The SMILES string of the molecule is CC1(C)c2ccccc2-c2cc3c(-c4cccc(-c5ccccc5)c4)c4ccccc4c(-c4ccc(-c5ccccn5)nc4)c3cc21. The fourth-order valence-corrected chi connectivity index (χ4v) is 7.69. The topological polar surface area (TPSA) is 25.8 Å². The van der Waals surface area contributed by atoms with E-state index >= 15 is 0 Å². The maximum absolute atomic E-state index is 4.94. The van der Waals surface area contributed by atoms with Crippen LogP contribution in [0.25, 0.3) is 77.4 Å². The third-order valence-electron chi connectivity index (χ3n) is 9.96. The van der Waals surface area contributed by atoms with Crippen LogP contribution in [-0.4, -0.2) is 9.97 Å². The van der Waals surface area contributed by atoms with Crippen LogP contribution in [0, 0.1) is 0 Å². The monoisotopic (exact) mass is 600 g/mol. The van der Waals surface area contributed by atoms with Crippen molar-refractivity contribution in [3.63, 3.8) is 0 Å². The summed E-state index contributed by atoms with van der Waals surface area (Å²) < 4.78 is 0. The summed E-state index contributed by atoms with van der Waals surface area (Å²) in [4.78, 5) is 9.47. The molecular formula is C45H32N2. The Kier molecular flexibility index (Phi) is 6.20. The molecule has 0 aliphatic heterocycles. The van der Waals surface area contributed by atoms with Gasteiger partial charge in [-0.1, -0.05) is 123 Å². The number of nitrogens with zero attached hydrogens (tertiary/aromatic N) is 2. The van der Waals surface area contributed by atoms with Crippen molar-refractivity contribution in [2.75, 3.05) is 0 Å². The highest BCUT2D eigenvalue weighted by Gasteiger charge is 2.36. The van der Waals surface area contributed by atoms with Gasteiger partial charge in [-0.3, -0.25) is 9.97 Å². The van der Waals surface area contributed by atoms with Gasteiger partial charge in [0.2, 0.25) is 0 Å². The van der Waals surface area contributed by atoms with Crippen molar-refractivity contribution in [3.8, 4) is 55.9 Å². The van der Waals surface area contributed by atoms with Gasteiger partial charge in [0.25, 0.3) is 0 Å². The molecule has 0 atom stereocenters. The summed E-state index contributed by atoms with van der Waals surface area (Å²) >= 11 is 0. The Labute approximate surface area is 275 Å². The smallest absolute Gasteiger partial charge is 0.0886 e.